The molecule has 0 bridgehead atoms. The van der Waals surface area contributed by atoms with Crippen LogP contribution in [0.15, 0.2) is 53.6 Å². The normalized spacial score (nSPS) is 28.6. The minimum atomic E-state index is -0.765. The number of fused-ring (bicyclic) bond motifs is 1. The summed E-state index contributed by atoms with van der Waals surface area (Å²) in [4.78, 5) is 26.7. The topological polar surface area (TPSA) is 61.2 Å². The number of benzene rings is 1. The quantitative estimate of drug-likeness (QED) is 0.781. The van der Waals surface area contributed by atoms with E-state index in [1.54, 1.807) is 17.9 Å². The fourth-order valence-corrected chi connectivity index (χ4v) is 4.27. The molecule has 25 heavy (non-hydrogen) atoms. The van der Waals surface area contributed by atoms with Crippen LogP contribution in [0.3, 0.4) is 0 Å². The summed E-state index contributed by atoms with van der Waals surface area (Å²) in [6.45, 7) is 6.50. The number of hydrogen-bond donors (Lipinski definition) is 0. The van der Waals surface area contributed by atoms with E-state index in [9.17, 15) is 14.9 Å². The van der Waals surface area contributed by atoms with E-state index in [1.807, 2.05) is 50.3 Å². The Labute approximate surface area is 148 Å². The Morgan fingerprint density at radius 1 is 1.28 bits per heavy atom. The Kier molecular flexibility index (Phi) is 4.12. The Morgan fingerprint density at radius 3 is 2.56 bits per heavy atom. The molecule has 1 heterocycles. The van der Waals surface area contributed by atoms with E-state index in [0.29, 0.717) is 19.5 Å². The minimum Gasteiger partial charge on any atom is -0.338 e. The van der Waals surface area contributed by atoms with Gasteiger partial charge in [-0.05, 0) is 24.5 Å². The van der Waals surface area contributed by atoms with E-state index in [0.717, 1.165) is 11.1 Å². The predicted molar refractivity (Wildman–Crippen MR) is 95.4 cm³/mol. The van der Waals surface area contributed by atoms with Gasteiger partial charge < -0.3 is 4.90 Å². The van der Waals surface area contributed by atoms with Crippen LogP contribution >= 0.6 is 0 Å². The van der Waals surface area contributed by atoms with Gasteiger partial charge in [-0.25, -0.2) is 0 Å². The van der Waals surface area contributed by atoms with Crippen LogP contribution in [0, 0.1) is 22.2 Å². The number of carbonyl (C=O) groups is 2. The molecule has 4 nitrogen and oxygen atoms in total. The summed E-state index contributed by atoms with van der Waals surface area (Å²) in [5.41, 5.74) is 1.02. The van der Waals surface area contributed by atoms with Crippen LogP contribution in [0.5, 0.6) is 0 Å². The molecule has 1 aliphatic heterocycles. The van der Waals surface area contributed by atoms with Gasteiger partial charge in [-0.1, -0.05) is 49.4 Å². The molecule has 2 aliphatic rings. The SMILES string of the molecule is CC(=O)N1CC=C2[C@](C)(Cc3ccccc3)C(=O)C(C#N)=C[C@@]2(C)C1. The molecule has 1 aliphatic carbocycles. The van der Waals surface area contributed by atoms with Crippen LogP contribution in [-0.2, 0) is 16.0 Å². The Morgan fingerprint density at radius 2 is 1.96 bits per heavy atom. The molecule has 3 rings (SSSR count). The van der Waals surface area contributed by atoms with Gasteiger partial charge in [0.1, 0.15) is 6.07 Å². The van der Waals surface area contributed by atoms with Gasteiger partial charge in [0.15, 0.2) is 5.78 Å². The molecule has 1 aromatic carbocycles. The number of hydrogen-bond acceptors (Lipinski definition) is 3. The molecule has 2 atom stereocenters. The largest absolute Gasteiger partial charge is 0.338 e. The van der Waals surface area contributed by atoms with Crippen molar-refractivity contribution in [3.05, 3.63) is 59.2 Å². The zero-order chi connectivity index (χ0) is 18.2. The van der Waals surface area contributed by atoms with Crippen molar-refractivity contribution in [1.29, 1.82) is 5.26 Å². The zero-order valence-electron chi connectivity index (χ0n) is 14.9. The number of carbonyl (C=O) groups excluding carboxylic acids is 2. The minimum absolute atomic E-state index is 0.00472. The molecule has 0 fully saturated rings. The molecule has 0 aromatic heterocycles. The van der Waals surface area contributed by atoms with Gasteiger partial charge in [-0.3, -0.25) is 9.59 Å². The lowest BCUT2D eigenvalue weighted by Crippen LogP contribution is -2.51. The predicted octanol–water partition coefficient (Wildman–Crippen LogP) is 3.06. The van der Waals surface area contributed by atoms with Crippen LogP contribution in [0.4, 0.5) is 0 Å². The van der Waals surface area contributed by atoms with Crippen LogP contribution in [0.25, 0.3) is 0 Å². The molecule has 4 heteroatoms. The lowest BCUT2D eigenvalue weighted by molar-refractivity contribution is -0.130. The highest BCUT2D eigenvalue weighted by Crippen LogP contribution is 2.51. The summed E-state index contributed by atoms with van der Waals surface area (Å²) in [6.07, 6.45) is 4.31. The lowest BCUT2D eigenvalue weighted by atomic mass is 9.57. The standard InChI is InChI=1S/C21H22N2O2/c1-15(24)23-10-9-18-20(2,14-23)12-17(13-22)19(25)21(18,3)11-16-7-5-4-6-8-16/h4-9,12H,10-11,14H2,1-3H3/t20-,21-/m0/s1. The van der Waals surface area contributed by atoms with Gasteiger partial charge in [0, 0.05) is 25.4 Å². The zero-order valence-corrected chi connectivity index (χ0v) is 14.9. The number of amides is 1. The van der Waals surface area contributed by atoms with Gasteiger partial charge in [0.25, 0.3) is 0 Å². The van der Waals surface area contributed by atoms with E-state index in [4.69, 9.17) is 0 Å². The molecule has 0 spiro atoms. The molecule has 1 amide bonds. The third-order valence-electron chi connectivity index (χ3n) is 5.42. The van der Waals surface area contributed by atoms with Crippen molar-refractivity contribution >= 4 is 11.7 Å². The van der Waals surface area contributed by atoms with Crippen LogP contribution in [-0.4, -0.2) is 29.7 Å². The smallest absolute Gasteiger partial charge is 0.219 e. The molecule has 0 radical (unpaired) electrons. The summed E-state index contributed by atoms with van der Waals surface area (Å²) in [6, 6.07) is 12.0. The van der Waals surface area contributed by atoms with Crippen molar-refractivity contribution in [2.24, 2.45) is 10.8 Å². The highest BCUT2D eigenvalue weighted by Gasteiger charge is 2.51. The maximum absolute atomic E-state index is 13.1. The van der Waals surface area contributed by atoms with Crippen LogP contribution in [0.1, 0.15) is 26.3 Å². The second kappa shape index (κ2) is 6.00. The monoisotopic (exact) mass is 334 g/mol. The Balaban J connectivity index is 2.11. The van der Waals surface area contributed by atoms with Gasteiger partial charge in [-0.2, -0.15) is 5.26 Å². The van der Waals surface area contributed by atoms with Gasteiger partial charge in [-0.15, -0.1) is 0 Å². The van der Waals surface area contributed by atoms with Gasteiger partial charge in [0.2, 0.25) is 5.91 Å². The molecule has 0 N–H and O–H groups in total. The number of Topliss-reactive ketones (excluding diaryl/α,β-unsaturated/α-hetero) is 1. The second-order valence-corrected chi connectivity index (χ2v) is 7.43. The molecule has 0 unspecified atom stereocenters. The van der Waals surface area contributed by atoms with E-state index in [2.05, 4.69) is 6.07 Å². The third kappa shape index (κ3) is 2.80. The Hall–Kier alpha value is -2.67. The van der Waals surface area contributed by atoms with E-state index in [1.165, 1.54) is 0 Å². The first kappa shape index (κ1) is 17.2. The molecule has 0 saturated heterocycles. The van der Waals surface area contributed by atoms with Gasteiger partial charge >= 0.3 is 0 Å². The molecular weight excluding hydrogens is 312 g/mol. The van der Waals surface area contributed by atoms with Crippen molar-refractivity contribution in [2.75, 3.05) is 13.1 Å². The average molecular weight is 334 g/mol. The van der Waals surface area contributed by atoms with E-state index >= 15 is 0 Å². The molecule has 1 aromatic rings. The molecule has 0 saturated carbocycles. The maximum Gasteiger partial charge on any atom is 0.219 e. The van der Waals surface area contributed by atoms with Crippen molar-refractivity contribution in [2.45, 2.75) is 27.2 Å². The summed E-state index contributed by atoms with van der Waals surface area (Å²) >= 11 is 0. The fourth-order valence-electron chi connectivity index (χ4n) is 4.27. The number of nitrogens with zero attached hydrogens (tertiary/aromatic N) is 2. The maximum atomic E-state index is 13.1. The summed E-state index contributed by atoms with van der Waals surface area (Å²) in [5, 5.41) is 9.50. The van der Waals surface area contributed by atoms with E-state index < -0.39 is 10.8 Å². The first-order valence-corrected chi connectivity index (χ1v) is 8.48. The number of allylic oxidation sites excluding steroid dienone is 1. The van der Waals surface area contributed by atoms with Crippen molar-refractivity contribution < 1.29 is 9.59 Å². The lowest BCUT2D eigenvalue weighted by Gasteiger charge is -2.48. The number of rotatable bonds is 2. The van der Waals surface area contributed by atoms with Crippen molar-refractivity contribution in [3.8, 4) is 6.07 Å². The Bertz CT molecular complexity index is 831. The second-order valence-electron chi connectivity index (χ2n) is 7.43. The molecule has 128 valence electrons. The fraction of sp³-hybridized carbons (Fsp3) is 0.381. The van der Waals surface area contributed by atoms with Crippen molar-refractivity contribution in [3.63, 3.8) is 0 Å². The van der Waals surface area contributed by atoms with Gasteiger partial charge in [0.05, 0.1) is 11.0 Å². The van der Waals surface area contributed by atoms with E-state index in [-0.39, 0.29) is 17.3 Å². The van der Waals surface area contributed by atoms with Crippen molar-refractivity contribution in [1.82, 2.24) is 4.90 Å². The first-order chi connectivity index (χ1) is 11.8. The summed E-state index contributed by atoms with van der Waals surface area (Å²) < 4.78 is 0. The first-order valence-electron chi connectivity index (χ1n) is 8.48. The summed E-state index contributed by atoms with van der Waals surface area (Å²) in [5.74, 6) is -0.121. The summed E-state index contributed by atoms with van der Waals surface area (Å²) in [7, 11) is 0. The van der Waals surface area contributed by atoms with Crippen LogP contribution < -0.4 is 0 Å². The highest BCUT2D eigenvalue weighted by atomic mass is 16.2. The number of ketones is 1. The highest BCUT2D eigenvalue weighted by molar-refractivity contribution is 6.06. The van der Waals surface area contributed by atoms with Crippen LogP contribution in [0.2, 0.25) is 0 Å². The third-order valence-corrected chi connectivity index (χ3v) is 5.42. The average Bonchev–Trinajstić information content (AvgIpc) is 2.58. The number of nitriles is 1. The molecular formula is C21H22N2O2.